The molecule has 0 amide bonds. The van der Waals surface area contributed by atoms with Gasteiger partial charge in [0.1, 0.15) is 0 Å². The summed E-state index contributed by atoms with van der Waals surface area (Å²) in [5.74, 6) is 6.19. The van der Waals surface area contributed by atoms with E-state index in [1.165, 1.54) is 11.1 Å². The molecule has 0 aliphatic rings. The zero-order valence-electron chi connectivity index (χ0n) is 15.6. The molecular formula is C24H20ClCrNO. The van der Waals surface area contributed by atoms with Crippen LogP contribution in [0.5, 0.6) is 0 Å². The van der Waals surface area contributed by atoms with Crippen LogP contribution in [0.2, 0.25) is 5.02 Å². The van der Waals surface area contributed by atoms with E-state index in [9.17, 15) is 0 Å². The Balaban J connectivity index is 2.01. The molecule has 0 aliphatic heterocycles. The normalized spacial score (nSPS) is 10.1. The van der Waals surface area contributed by atoms with Crippen molar-refractivity contribution in [1.82, 2.24) is 0 Å². The first-order chi connectivity index (χ1) is 13.7. The molecule has 0 saturated heterocycles. The molecule has 0 heterocycles. The molecule has 0 N–H and O–H groups in total. The zero-order valence-corrected chi connectivity index (χ0v) is 17.6. The van der Waals surface area contributed by atoms with Crippen molar-refractivity contribution in [1.29, 1.82) is 0 Å². The number of halogens is 1. The molecule has 0 aromatic heterocycles. The summed E-state index contributed by atoms with van der Waals surface area (Å²) in [5, 5.41) is 0.659. The molecule has 0 radical (unpaired) electrons. The van der Waals surface area contributed by atoms with Gasteiger partial charge in [0.25, 0.3) is 0 Å². The molecule has 140 valence electrons. The maximum atomic E-state index is 6.26. The van der Waals surface area contributed by atoms with Gasteiger partial charge in [-0.1, -0.05) is 0 Å². The van der Waals surface area contributed by atoms with Gasteiger partial charge in [-0.05, 0) is 0 Å². The van der Waals surface area contributed by atoms with E-state index in [-0.39, 0.29) is 0 Å². The topological polar surface area (TPSA) is 12.5 Å². The van der Waals surface area contributed by atoms with Gasteiger partial charge in [0, 0.05) is 0 Å². The molecule has 0 saturated carbocycles. The van der Waals surface area contributed by atoms with Gasteiger partial charge in [-0.2, -0.15) is 0 Å². The third-order valence-corrected chi connectivity index (χ3v) is 4.87. The maximum absolute atomic E-state index is 6.26. The van der Waals surface area contributed by atoms with Crippen molar-refractivity contribution in [3.8, 4) is 11.8 Å². The van der Waals surface area contributed by atoms with Crippen LogP contribution in [-0.4, -0.2) is 11.7 Å². The van der Waals surface area contributed by atoms with Gasteiger partial charge in [0.2, 0.25) is 0 Å². The number of rotatable bonds is 6. The molecule has 4 heteroatoms. The Morgan fingerprint density at radius 3 is 2.04 bits per heavy atom. The first-order valence-electron chi connectivity index (χ1n) is 8.88. The second kappa shape index (κ2) is 10.3. The summed E-state index contributed by atoms with van der Waals surface area (Å²) in [4.78, 5) is 2.32. The van der Waals surface area contributed by atoms with E-state index in [0.717, 1.165) is 24.3 Å². The molecule has 0 spiro atoms. The van der Waals surface area contributed by atoms with Gasteiger partial charge in [-0.15, -0.1) is 0 Å². The van der Waals surface area contributed by atoms with E-state index < -0.39 is 0 Å². The van der Waals surface area contributed by atoms with Gasteiger partial charge in [-0.3, -0.25) is 0 Å². The summed E-state index contributed by atoms with van der Waals surface area (Å²) in [7, 11) is 1.59. The summed E-state index contributed by atoms with van der Waals surface area (Å²) in [5.41, 5.74) is 4.37. The molecule has 3 rings (SSSR count). The standard InChI is InChI=1S/C24H20ClNO.Cr/c1-27-16-8-13-22-17-23(25)14-15-24(22)26(18-20-9-4-2-5-10-20)19-21-11-6-3-7-12-21;/h2-7,9-12,14-15,17H,18-19H2,1H3;. The van der Waals surface area contributed by atoms with E-state index in [4.69, 9.17) is 16.3 Å². The molecule has 2 nitrogen and oxygen atoms in total. The van der Waals surface area contributed by atoms with Crippen LogP contribution in [0.1, 0.15) is 16.7 Å². The number of methoxy groups -OCH3 is 1. The van der Waals surface area contributed by atoms with E-state index in [1.807, 2.05) is 30.3 Å². The van der Waals surface area contributed by atoms with Crippen LogP contribution in [0.3, 0.4) is 0 Å². The number of anilines is 1. The van der Waals surface area contributed by atoms with Crippen LogP contribution in [-0.2, 0) is 33.7 Å². The Bertz CT molecular complexity index is 952. The average molecular weight is 426 g/mol. The van der Waals surface area contributed by atoms with Gasteiger partial charge >= 0.3 is 180 Å². The summed E-state index contributed by atoms with van der Waals surface area (Å²) in [6, 6.07) is 26.7. The van der Waals surface area contributed by atoms with Crippen molar-refractivity contribution in [2.45, 2.75) is 13.1 Å². The first kappa shape index (κ1) is 20.4. The number of hydrogen-bond acceptors (Lipinski definition) is 2. The van der Waals surface area contributed by atoms with Gasteiger partial charge in [0.05, 0.1) is 0 Å². The quantitative estimate of drug-likeness (QED) is 0.502. The average Bonchev–Trinajstić information content (AvgIpc) is 2.73. The molecule has 0 bridgehead atoms. The van der Waals surface area contributed by atoms with Crippen LogP contribution in [0.15, 0.2) is 78.9 Å². The fraction of sp³-hybridized carbons (Fsp3) is 0.125. The predicted molar refractivity (Wildman–Crippen MR) is 113 cm³/mol. The number of ether oxygens (including phenoxy) is 1. The summed E-state index contributed by atoms with van der Waals surface area (Å²) >= 11 is 9.07. The SMILES string of the molecule is CO[C](=[Cr])C#Cc1cc(Cl)ccc1N(Cc1ccccc1)Cc1ccccc1. The van der Waals surface area contributed by atoms with Crippen molar-refractivity contribution >= 4 is 21.9 Å². The van der Waals surface area contributed by atoms with Crippen molar-refractivity contribution in [2.24, 2.45) is 0 Å². The predicted octanol–water partition coefficient (Wildman–Crippen LogP) is 5.22. The van der Waals surface area contributed by atoms with Crippen LogP contribution in [0, 0.1) is 11.8 Å². The minimum absolute atomic E-state index is 0.545. The molecule has 0 fully saturated rings. The molecule has 0 unspecified atom stereocenters. The van der Waals surface area contributed by atoms with Gasteiger partial charge in [0.15, 0.2) is 0 Å². The molecule has 28 heavy (non-hydrogen) atoms. The van der Waals surface area contributed by atoms with E-state index >= 15 is 0 Å². The van der Waals surface area contributed by atoms with E-state index in [2.05, 4.69) is 81.1 Å². The Morgan fingerprint density at radius 1 is 0.929 bits per heavy atom. The summed E-state index contributed by atoms with van der Waals surface area (Å²) in [6.45, 7) is 1.54. The van der Waals surface area contributed by atoms with Crippen LogP contribution < -0.4 is 4.90 Å². The first-order valence-corrected chi connectivity index (χ1v) is 9.89. The van der Waals surface area contributed by atoms with Gasteiger partial charge in [-0.25, -0.2) is 0 Å². The zero-order chi connectivity index (χ0) is 19.8. The monoisotopic (exact) mass is 425 g/mol. The molecular weight excluding hydrogens is 406 g/mol. The van der Waals surface area contributed by atoms with Crippen molar-refractivity contribution < 1.29 is 20.6 Å². The second-order valence-electron chi connectivity index (χ2n) is 6.23. The Hall–Kier alpha value is -2.33. The van der Waals surface area contributed by atoms with Crippen LogP contribution >= 0.6 is 11.6 Å². The molecule has 0 atom stereocenters. The van der Waals surface area contributed by atoms with E-state index in [0.29, 0.717) is 9.59 Å². The van der Waals surface area contributed by atoms with Crippen LogP contribution in [0.4, 0.5) is 5.69 Å². The Morgan fingerprint density at radius 2 is 1.50 bits per heavy atom. The van der Waals surface area contributed by atoms with Crippen molar-refractivity contribution in [2.75, 3.05) is 12.0 Å². The number of hydrogen-bond donors (Lipinski definition) is 0. The second-order valence-corrected chi connectivity index (χ2v) is 7.25. The molecule has 0 aliphatic carbocycles. The Kier molecular flexibility index (Phi) is 7.49. The van der Waals surface area contributed by atoms with Crippen LogP contribution in [0.25, 0.3) is 0 Å². The molecule has 3 aromatic rings. The van der Waals surface area contributed by atoms with E-state index in [1.54, 1.807) is 7.11 Å². The molecule has 3 aromatic carbocycles. The fourth-order valence-electron chi connectivity index (χ4n) is 2.89. The fourth-order valence-corrected chi connectivity index (χ4v) is 3.14. The third-order valence-electron chi connectivity index (χ3n) is 4.22. The third kappa shape index (κ3) is 5.83. The number of nitrogens with zero attached hydrogens (tertiary/aromatic N) is 1. The van der Waals surface area contributed by atoms with Gasteiger partial charge < -0.3 is 0 Å². The summed E-state index contributed by atoms with van der Waals surface area (Å²) < 4.78 is 5.68. The minimum atomic E-state index is 0.545. The Labute approximate surface area is 179 Å². The summed E-state index contributed by atoms with van der Waals surface area (Å²) in [6.07, 6.45) is 0. The van der Waals surface area contributed by atoms with Crippen molar-refractivity contribution in [3.05, 3.63) is 101 Å². The van der Waals surface area contributed by atoms with Crippen molar-refractivity contribution in [3.63, 3.8) is 0 Å². The number of benzene rings is 3.